The molecule has 2 aromatic carbocycles. The van der Waals surface area contributed by atoms with Crippen LogP contribution < -0.4 is 16.6 Å². The summed E-state index contributed by atoms with van der Waals surface area (Å²) in [5.74, 6) is -0.842. The molecule has 0 saturated carbocycles. The van der Waals surface area contributed by atoms with E-state index in [2.05, 4.69) is 5.32 Å². The first-order valence-corrected chi connectivity index (χ1v) is 8.75. The second-order valence-corrected chi connectivity index (χ2v) is 6.62. The number of aryl methyl sites for hydroxylation is 2. The van der Waals surface area contributed by atoms with E-state index in [0.717, 1.165) is 15.7 Å². The Bertz CT molecular complexity index is 1130. The number of amides is 1. The van der Waals surface area contributed by atoms with Crippen molar-refractivity contribution in [2.75, 3.05) is 5.32 Å². The number of anilines is 1. The standard InChI is InChI=1S/C21H20FN3O3/c1-14-3-8-18(11-15(14)2)23-19(26)13-25-20(27)9-10-24(21(25)28)12-16-4-6-17(22)7-5-16/h3-11H,12-13H2,1-2H3,(H,23,26). The SMILES string of the molecule is Cc1ccc(NC(=O)Cn2c(=O)ccn(Cc3ccc(F)cc3)c2=O)cc1C. The van der Waals surface area contributed by atoms with E-state index in [1.807, 2.05) is 26.0 Å². The van der Waals surface area contributed by atoms with E-state index >= 15 is 0 Å². The van der Waals surface area contributed by atoms with Crippen molar-refractivity contribution in [1.82, 2.24) is 9.13 Å². The number of nitrogens with one attached hydrogen (secondary N) is 1. The summed E-state index contributed by atoms with van der Waals surface area (Å²) in [5.41, 5.74) is 2.26. The predicted molar refractivity (Wildman–Crippen MR) is 105 cm³/mol. The first-order valence-electron chi connectivity index (χ1n) is 8.75. The maximum atomic E-state index is 13.0. The summed E-state index contributed by atoms with van der Waals surface area (Å²) in [7, 11) is 0. The van der Waals surface area contributed by atoms with Gasteiger partial charge in [0.15, 0.2) is 0 Å². The Hall–Kier alpha value is -3.48. The van der Waals surface area contributed by atoms with Crippen molar-refractivity contribution in [3.8, 4) is 0 Å². The largest absolute Gasteiger partial charge is 0.331 e. The predicted octanol–water partition coefficient (Wildman–Crippen LogP) is 2.45. The molecule has 6 nitrogen and oxygen atoms in total. The number of rotatable bonds is 5. The fourth-order valence-electron chi connectivity index (χ4n) is 2.77. The number of hydrogen-bond donors (Lipinski definition) is 1. The van der Waals surface area contributed by atoms with Crippen molar-refractivity contribution in [3.63, 3.8) is 0 Å². The molecule has 3 rings (SSSR count). The average Bonchev–Trinajstić information content (AvgIpc) is 2.66. The van der Waals surface area contributed by atoms with E-state index in [4.69, 9.17) is 0 Å². The smallest absolute Gasteiger partial charge is 0.325 e. The Morgan fingerprint density at radius 3 is 2.39 bits per heavy atom. The highest BCUT2D eigenvalue weighted by molar-refractivity contribution is 5.90. The van der Waals surface area contributed by atoms with E-state index in [-0.39, 0.29) is 12.4 Å². The first kappa shape index (κ1) is 19.3. The summed E-state index contributed by atoms with van der Waals surface area (Å²) >= 11 is 0. The molecule has 0 atom stereocenters. The molecule has 0 saturated heterocycles. The molecule has 7 heteroatoms. The molecular weight excluding hydrogens is 361 g/mol. The average molecular weight is 381 g/mol. The van der Waals surface area contributed by atoms with Gasteiger partial charge in [0.25, 0.3) is 5.56 Å². The van der Waals surface area contributed by atoms with Gasteiger partial charge in [-0.2, -0.15) is 0 Å². The number of carbonyl (C=O) groups excluding carboxylic acids is 1. The minimum atomic E-state index is -0.605. The third-order valence-corrected chi connectivity index (χ3v) is 4.50. The lowest BCUT2D eigenvalue weighted by Gasteiger charge is -2.11. The molecule has 144 valence electrons. The van der Waals surface area contributed by atoms with Crippen LogP contribution >= 0.6 is 0 Å². The molecule has 0 unspecified atom stereocenters. The molecule has 1 aromatic heterocycles. The Balaban J connectivity index is 1.80. The molecule has 0 aliphatic carbocycles. The number of halogens is 1. The van der Waals surface area contributed by atoms with Gasteiger partial charge < -0.3 is 5.32 Å². The van der Waals surface area contributed by atoms with Crippen LogP contribution in [0.15, 0.2) is 64.3 Å². The van der Waals surface area contributed by atoms with Crippen LogP contribution in [0.4, 0.5) is 10.1 Å². The zero-order chi connectivity index (χ0) is 20.3. The minimum absolute atomic E-state index is 0.165. The van der Waals surface area contributed by atoms with Gasteiger partial charge in [-0.15, -0.1) is 0 Å². The summed E-state index contributed by atoms with van der Waals surface area (Å²) < 4.78 is 15.2. The Kier molecular flexibility index (Phi) is 5.54. The lowest BCUT2D eigenvalue weighted by molar-refractivity contribution is -0.116. The molecule has 1 N–H and O–H groups in total. The summed E-state index contributed by atoms with van der Waals surface area (Å²) in [6.07, 6.45) is 1.37. The van der Waals surface area contributed by atoms with Gasteiger partial charge in [-0.05, 0) is 54.8 Å². The Labute approximate surface area is 160 Å². The summed E-state index contributed by atoms with van der Waals surface area (Å²) in [5, 5.41) is 2.70. The second kappa shape index (κ2) is 8.04. The van der Waals surface area contributed by atoms with E-state index in [1.165, 1.54) is 29.0 Å². The maximum Gasteiger partial charge on any atom is 0.331 e. The van der Waals surface area contributed by atoms with Crippen LogP contribution in [-0.4, -0.2) is 15.0 Å². The summed E-state index contributed by atoms with van der Waals surface area (Å²) in [6, 6.07) is 12.4. The van der Waals surface area contributed by atoms with E-state index in [1.54, 1.807) is 18.2 Å². The molecule has 1 heterocycles. The van der Waals surface area contributed by atoms with Crippen molar-refractivity contribution in [2.24, 2.45) is 0 Å². The molecule has 0 radical (unpaired) electrons. The van der Waals surface area contributed by atoms with Gasteiger partial charge in [-0.25, -0.2) is 9.18 Å². The van der Waals surface area contributed by atoms with Gasteiger partial charge in [0.2, 0.25) is 5.91 Å². The normalized spacial score (nSPS) is 10.7. The second-order valence-electron chi connectivity index (χ2n) is 6.62. The van der Waals surface area contributed by atoms with E-state index in [0.29, 0.717) is 11.3 Å². The highest BCUT2D eigenvalue weighted by Gasteiger charge is 2.11. The topological polar surface area (TPSA) is 73.1 Å². The van der Waals surface area contributed by atoms with Crippen molar-refractivity contribution in [1.29, 1.82) is 0 Å². The maximum absolute atomic E-state index is 13.0. The van der Waals surface area contributed by atoms with Crippen LogP contribution in [0.5, 0.6) is 0 Å². The Morgan fingerprint density at radius 1 is 1.00 bits per heavy atom. The van der Waals surface area contributed by atoms with Gasteiger partial charge in [0.1, 0.15) is 12.4 Å². The number of carbonyl (C=O) groups is 1. The van der Waals surface area contributed by atoms with Gasteiger partial charge in [0, 0.05) is 18.0 Å². The van der Waals surface area contributed by atoms with Crippen LogP contribution in [-0.2, 0) is 17.9 Å². The zero-order valence-corrected chi connectivity index (χ0v) is 15.6. The number of aromatic nitrogens is 2. The van der Waals surface area contributed by atoms with Gasteiger partial charge in [0.05, 0.1) is 6.54 Å². The molecule has 0 fully saturated rings. The highest BCUT2D eigenvalue weighted by atomic mass is 19.1. The lowest BCUT2D eigenvalue weighted by Crippen LogP contribution is -2.41. The van der Waals surface area contributed by atoms with Crippen molar-refractivity contribution < 1.29 is 9.18 Å². The van der Waals surface area contributed by atoms with Crippen LogP contribution in [0.25, 0.3) is 0 Å². The highest BCUT2D eigenvalue weighted by Crippen LogP contribution is 2.14. The zero-order valence-electron chi connectivity index (χ0n) is 15.6. The molecule has 28 heavy (non-hydrogen) atoms. The Morgan fingerprint density at radius 2 is 1.71 bits per heavy atom. The molecular formula is C21H20FN3O3. The molecule has 0 aliphatic rings. The number of nitrogens with zero attached hydrogens (tertiary/aromatic N) is 2. The fraction of sp³-hybridized carbons (Fsp3) is 0.190. The van der Waals surface area contributed by atoms with Crippen LogP contribution in [0.3, 0.4) is 0 Å². The van der Waals surface area contributed by atoms with Crippen LogP contribution in [0.1, 0.15) is 16.7 Å². The van der Waals surface area contributed by atoms with E-state index < -0.39 is 23.7 Å². The van der Waals surface area contributed by atoms with Crippen LogP contribution in [0, 0.1) is 19.7 Å². The number of hydrogen-bond acceptors (Lipinski definition) is 3. The van der Waals surface area contributed by atoms with Crippen molar-refractivity contribution in [2.45, 2.75) is 26.9 Å². The summed E-state index contributed by atoms with van der Waals surface area (Å²) in [4.78, 5) is 37.0. The molecule has 0 bridgehead atoms. The van der Waals surface area contributed by atoms with Crippen molar-refractivity contribution >= 4 is 11.6 Å². The van der Waals surface area contributed by atoms with Gasteiger partial charge >= 0.3 is 5.69 Å². The molecule has 3 aromatic rings. The lowest BCUT2D eigenvalue weighted by atomic mass is 10.1. The van der Waals surface area contributed by atoms with Gasteiger partial charge in [-0.1, -0.05) is 18.2 Å². The minimum Gasteiger partial charge on any atom is -0.325 e. The third kappa shape index (κ3) is 4.43. The summed E-state index contributed by atoms with van der Waals surface area (Å²) in [6.45, 7) is 3.67. The molecule has 1 amide bonds. The quantitative estimate of drug-likeness (QED) is 0.738. The number of benzene rings is 2. The van der Waals surface area contributed by atoms with Crippen LogP contribution in [0.2, 0.25) is 0 Å². The van der Waals surface area contributed by atoms with E-state index in [9.17, 15) is 18.8 Å². The van der Waals surface area contributed by atoms with Crippen molar-refractivity contribution in [3.05, 3.63) is 98.1 Å². The van der Waals surface area contributed by atoms with Gasteiger partial charge in [-0.3, -0.25) is 18.7 Å². The monoisotopic (exact) mass is 381 g/mol. The molecule has 0 spiro atoms. The molecule has 0 aliphatic heterocycles. The fourth-order valence-corrected chi connectivity index (χ4v) is 2.77. The first-order chi connectivity index (χ1) is 13.3. The third-order valence-electron chi connectivity index (χ3n) is 4.50.